The Balaban J connectivity index is 2.91. The normalized spacial score (nSPS) is 12.0. The largest absolute Gasteiger partial charge is 0.465 e. The van der Waals surface area contributed by atoms with Crippen molar-refractivity contribution in [2.75, 3.05) is 20.3 Å². The fourth-order valence-corrected chi connectivity index (χ4v) is 3.32. The van der Waals surface area contributed by atoms with Crippen LogP contribution in [0.1, 0.15) is 23.5 Å². The Hall–Kier alpha value is -0.890. The highest BCUT2D eigenvalue weighted by Crippen LogP contribution is 2.25. The van der Waals surface area contributed by atoms with E-state index in [1.165, 1.54) is 0 Å². The summed E-state index contributed by atoms with van der Waals surface area (Å²) in [5.41, 5.74) is 6.10. The van der Waals surface area contributed by atoms with Crippen molar-refractivity contribution in [3.8, 4) is 0 Å². The number of rotatable bonds is 7. The summed E-state index contributed by atoms with van der Waals surface area (Å²) in [6.07, 6.45) is 0.615. The highest BCUT2D eigenvalue weighted by Gasteiger charge is 2.25. The molecule has 0 aliphatic heterocycles. The molecule has 1 heterocycles. The van der Waals surface area contributed by atoms with Crippen LogP contribution >= 0.6 is 0 Å². The third-order valence-electron chi connectivity index (χ3n) is 2.62. The molecule has 0 aromatic carbocycles. The molecule has 0 bridgehead atoms. The van der Waals surface area contributed by atoms with Gasteiger partial charge in [0, 0.05) is 32.4 Å². The van der Waals surface area contributed by atoms with E-state index in [2.05, 4.69) is 4.72 Å². The van der Waals surface area contributed by atoms with Crippen molar-refractivity contribution in [1.29, 1.82) is 0 Å². The second-order valence-electron chi connectivity index (χ2n) is 3.97. The lowest BCUT2D eigenvalue weighted by molar-refractivity contribution is 0.196. The van der Waals surface area contributed by atoms with Crippen molar-refractivity contribution in [2.24, 2.45) is 5.73 Å². The van der Waals surface area contributed by atoms with E-state index in [9.17, 15) is 8.42 Å². The zero-order valence-electron chi connectivity index (χ0n) is 10.9. The van der Waals surface area contributed by atoms with Gasteiger partial charge < -0.3 is 14.9 Å². The summed E-state index contributed by atoms with van der Waals surface area (Å²) in [6.45, 7) is 4.30. The lowest BCUT2D eigenvalue weighted by Crippen LogP contribution is -2.27. The topological polar surface area (TPSA) is 94.6 Å². The van der Waals surface area contributed by atoms with Gasteiger partial charge in [0.1, 0.15) is 16.4 Å². The van der Waals surface area contributed by atoms with Gasteiger partial charge in [0.05, 0.1) is 0 Å². The average Bonchev–Trinajstić information content (AvgIpc) is 2.59. The minimum atomic E-state index is -3.57. The van der Waals surface area contributed by atoms with E-state index in [1.54, 1.807) is 21.0 Å². The number of furan rings is 1. The fraction of sp³-hybridized carbons (Fsp3) is 0.636. The molecule has 0 radical (unpaired) electrons. The molecule has 7 heteroatoms. The molecule has 1 aromatic heterocycles. The molecule has 0 fully saturated rings. The van der Waals surface area contributed by atoms with Gasteiger partial charge in [0.25, 0.3) is 0 Å². The van der Waals surface area contributed by atoms with Crippen molar-refractivity contribution in [3.05, 3.63) is 17.1 Å². The smallest absolute Gasteiger partial charge is 0.244 e. The second kappa shape index (κ2) is 6.33. The zero-order valence-corrected chi connectivity index (χ0v) is 11.8. The van der Waals surface area contributed by atoms with Crippen molar-refractivity contribution in [2.45, 2.75) is 31.7 Å². The minimum absolute atomic E-state index is 0.136. The Bertz CT molecular complexity index is 493. The third-order valence-corrected chi connectivity index (χ3v) is 4.27. The van der Waals surface area contributed by atoms with Crippen LogP contribution in [0.25, 0.3) is 0 Å². The van der Waals surface area contributed by atoms with Crippen LogP contribution in [-0.2, 0) is 21.3 Å². The number of sulfonamides is 1. The van der Waals surface area contributed by atoms with E-state index >= 15 is 0 Å². The molecular formula is C11H20N2O4S. The maximum Gasteiger partial charge on any atom is 0.244 e. The molecule has 18 heavy (non-hydrogen) atoms. The standard InChI is InChI=1S/C11H20N2O4S/c1-8-10(7-12)11(9(2)17-8)18(14,15)13-5-4-6-16-3/h13H,4-7,12H2,1-3H3. The molecular weight excluding hydrogens is 256 g/mol. The molecule has 0 aliphatic carbocycles. The molecule has 0 aliphatic rings. The van der Waals surface area contributed by atoms with E-state index in [4.69, 9.17) is 14.9 Å². The summed E-state index contributed by atoms with van der Waals surface area (Å²) >= 11 is 0. The fourth-order valence-electron chi connectivity index (χ4n) is 1.79. The van der Waals surface area contributed by atoms with E-state index in [-0.39, 0.29) is 11.4 Å². The Morgan fingerprint density at radius 1 is 1.33 bits per heavy atom. The molecule has 0 saturated carbocycles. The van der Waals surface area contributed by atoms with Gasteiger partial charge in [-0.3, -0.25) is 0 Å². The lowest BCUT2D eigenvalue weighted by atomic mass is 10.2. The molecule has 1 rings (SSSR count). The monoisotopic (exact) mass is 276 g/mol. The van der Waals surface area contributed by atoms with Crippen molar-refractivity contribution in [1.82, 2.24) is 4.72 Å². The number of hydrogen-bond donors (Lipinski definition) is 2. The summed E-state index contributed by atoms with van der Waals surface area (Å²) in [6, 6.07) is 0. The van der Waals surface area contributed by atoms with Crippen LogP contribution in [0.2, 0.25) is 0 Å². The molecule has 1 aromatic rings. The molecule has 3 N–H and O–H groups in total. The first-order valence-corrected chi connectivity index (χ1v) is 7.20. The molecule has 0 amide bonds. The van der Waals surface area contributed by atoms with Gasteiger partial charge >= 0.3 is 0 Å². The van der Waals surface area contributed by atoms with Gasteiger partial charge in [0.2, 0.25) is 10.0 Å². The minimum Gasteiger partial charge on any atom is -0.465 e. The van der Waals surface area contributed by atoms with E-state index in [0.29, 0.717) is 36.7 Å². The van der Waals surface area contributed by atoms with Crippen LogP contribution in [-0.4, -0.2) is 28.7 Å². The van der Waals surface area contributed by atoms with E-state index < -0.39 is 10.0 Å². The molecule has 0 saturated heterocycles. The lowest BCUT2D eigenvalue weighted by Gasteiger charge is -2.07. The Kier molecular flexibility index (Phi) is 5.33. The zero-order chi connectivity index (χ0) is 13.8. The molecule has 0 unspecified atom stereocenters. The Labute approximate surface area is 108 Å². The summed E-state index contributed by atoms with van der Waals surface area (Å²) in [5.74, 6) is 0.916. The number of ether oxygens (including phenoxy) is 1. The van der Waals surface area contributed by atoms with Crippen LogP contribution in [0.5, 0.6) is 0 Å². The number of nitrogens with two attached hydrogens (primary N) is 1. The Morgan fingerprint density at radius 3 is 2.56 bits per heavy atom. The number of methoxy groups -OCH3 is 1. The first-order chi connectivity index (χ1) is 8.44. The summed E-state index contributed by atoms with van der Waals surface area (Å²) in [4.78, 5) is 0.167. The number of aryl methyl sites for hydroxylation is 2. The van der Waals surface area contributed by atoms with E-state index in [1.807, 2.05) is 0 Å². The first-order valence-electron chi connectivity index (χ1n) is 5.71. The molecule has 6 nitrogen and oxygen atoms in total. The maximum atomic E-state index is 12.1. The van der Waals surface area contributed by atoms with Crippen LogP contribution in [0.15, 0.2) is 9.31 Å². The van der Waals surface area contributed by atoms with Gasteiger partial charge in [-0.25, -0.2) is 13.1 Å². The average molecular weight is 276 g/mol. The first kappa shape index (κ1) is 15.2. The SMILES string of the molecule is COCCCNS(=O)(=O)c1c(C)oc(C)c1CN. The Morgan fingerprint density at radius 2 is 2.00 bits per heavy atom. The molecule has 0 atom stereocenters. The van der Waals surface area contributed by atoms with Gasteiger partial charge in [-0.2, -0.15) is 0 Å². The number of nitrogens with one attached hydrogen (secondary N) is 1. The summed E-state index contributed by atoms with van der Waals surface area (Å²) in [7, 11) is -2.00. The van der Waals surface area contributed by atoms with Crippen molar-refractivity contribution >= 4 is 10.0 Å². The van der Waals surface area contributed by atoms with Crippen LogP contribution in [0.4, 0.5) is 0 Å². The quantitative estimate of drug-likeness (QED) is 0.714. The van der Waals surface area contributed by atoms with Gasteiger partial charge in [-0.15, -0.1) is 0 Å². The van der Waals surface area contributed by atoms with Crippen molar-refractivity contribution < 1.29 is 17.6 Å². The third kappa shape index (κ3) is 3.32. The number of hydrogen-bond acceptors (Lipinski definition) is 5. The highest BCUT2D eigenvalue weighted by molar-refractivity contribution is 7.89. The summed E-state index contributed by atoms with van der Waals surface area (Å²) in [5, 5.41) is 0. The van der Waals surface area contributed by atoms with Crippen molar-refractivity contribution in [3.63, 3.8) is 0 Å². The molecule has 0 spiro atoms. The van der Waals surface area contributed by atoms with Gasteiger partial charge in [-0.05, 0) is 20.3 Å². The molecule has 104 valence electrons. The van der Waals surface area contributed by atoms with E-state index in [0.717, 1.165) is 0 Å². The van der Waals surface area contributed by atoms with Crippen LogP contribution < -0.4 is 10.5 Å². The highest BCUT2D eigenvalue weighted by atomic mass is 32.2. The van der Waals surface area contributed by atoms with Gasteiger partial charge in [0.15, 0.2) is 0 Å². The predicted octanol–water partition coefficient (Wildman–Crippen LogP) is 0.670. The van der Waals surface area contributed by atoms with Crippen LogP contribution in [0, 0.1) is 13.8 Å². The van der Waals surface area contributed by atoms with Gasteiger partial charge in [-0.1, -0.05) is 0 Å². The second-order valence-corrected chi connectivity index (χ2v) is 5.67. The van der Waals surface area contributed by atoms with Crippen LogP contribution in [0.3, 0.4) is 0 Å². The predicted molar refractivity (Wildman–Crippen MR) is 67.8 cm³/mol. The maximum absolute atomic E-state index is 12.1. The summed E-state index contributed by atoms with van der Waals surface area (Å²) < 4.78 is 37.0.